The van der Waals surface area contributed by atoms with E-state index in [2.05, 4.69) is 22.9 Å². The van der Waals surface area contributed by atoms with Crippen molar-refractivity contribution in [1.82, 2.24) is 24.5 Å². The molecule has 0 N–H and O–H groups in total. The number of aromatic nitrogens is 4. The van der Waals surface area contributed by atoms with Gasteiger partial charge in [-0.1, -0.05) is 18.2 Å². The summed E-state index contributed by atoms with van der Waals surface area (Å²) < 4.78 is 1.92. The molecule has 1 aromatic carbocycles. The molecule has 0 saturated carbocycles. The summed E-state index contributed by atoms with van der Waals surface area (Å²) in [5.41, 5.74) is 4.97. The summed E-state index contributed by atoms with van der Waals surface area (Å²) in [7, 11) is 0. The number of pyridine rings is 1. The third-order valence-corrected chi connectivity index (χ3v) is 6.21. The van der Waals surface area contributed by atoms with Gasteiger partial charge in [0.15, 0.2) is 5.65 Å². The fourth-order valence-corrected chi connectivity index (χ4v) is 4.45. The van der Waals surface area contributed by atoms with Crippen LogP contribution in [0.2, 0.25) is 0 Å². The topological polar surface area (TPSA) is 66.6 Å². The van der Waals surface area contributed by atoms with Gasteiger partial charge >= 0.3 is 0 Å². The number of rotatable bonds is 4. The zero-order valence-corrected chi connectivity index (χ0v) is 18.0. The summed E-state index contributed by atoms with van der Waals surface area (Å²) in [6.07, 6.45) is 2.97. The van der Waals surface area contributed by atoms with Crippen LogP contribution in [0.15, 0.2) is 48.7 Å². The third-order valence-electron chi connectivity index (χ3n) is 6.21. The van der Waals surface area contributed by atoms with Gasteiger partial charge in [-0.05, 0) is 50.1 Å². The number of hydrogen-bond acceptors (Lipinski definition) is 5. The number of amides is 1. The largest absolute Gasteiger partial charge is 0.353 e. The molecule has 4 aromatic rings. The van der Waals surface area contributed by atoms with Crippen molar-refractivity contribution in [3.05, 3.63) is 65.6 Å². The van der Waals surface area contributed by atoms with Crippen LogP contribution in [0.25, 0.3) is 16.6 Å². The number of carbonyl (C=O) groups excluding carboxylic acids is 1. The first-order valence-corrected chi connectivity index (χ1v) is 10.8. The molecule has 4 heterocycles. The van der Waals surface area contributed by atoms with Crippen LogP contribution >= 0.6 is 0 Å². The number of benzene rings is 1. The Morgan fingerprint density at radius 3 is 2.55 bits per heavy atom. The van der Waals surface area contributed by atoms with Crippen LogP contribution in [0.4, 0.5) is 5.82 Å². The first kappa shape index (κ1) is 19.5. The van der Waals surface area contributed by atoms with Crippen LogP contribution in [-0.4, -0.2) is 56.6 Å². The standard InChI is InChI=1S/C24H26N6O/c1-17-19(18(2)30-24(26-17)20-7-3-4-8-21(20)27-30)10-11-23(31)29-15-13-28(14-16-29)22-9-5-6-12-25-22/h3-9,12H,10-11,13-16H2,1-2H3. The van der Waals surface area contributed by atoms with Gasteiger partial charge in [0.05, 0.1) is 5.52 Å². The highest BCUT2D eigenvalue weighted by molar-refractivity contribution is 5.92. The second-order valence-corrected chi connectivity index (χ2v) is 8.07. The number of hydrogen-bond donors (Lipinski definition) is 0. The maximum atomic E-state index is 12.9. The van der Waals surface area contributed by atoms with Crippen molar-refractivity contribution in [2.45, 2.75) is 26.7 Å². The summed E-state index contributed by atoms with van der Waals surface area (Å²) in [4.78, 5) is 26.3. The Morgan fingerprint density at radius 1 is 1.00 bits per heavy atom. The minimum absolute atomic E-state index is 0.199. The van der Waals surface area contributed by atoms with E-state index < -0.39 is 0 Å². The van der Waals surface area contributed by atoms with Gasteiger partial charge in [0, 0.05) is 55.6 Å². The van der Waals surface area contributed by atoms with E-state index in [-0.39, 0.29) is 5.91 Å². The second kappa shape index (κ2) is 7.98. The predicted molar refractivity (Wildman–Crippen MR) is 121 cm³/mol. The predicted octanol–water partition coefficient (Wildman–Crippen LogP) is 3.18. The zero-order valence-electron chi connectivity index (χ0n) is 18.0. The molecule has 0 spiro atoms. The lowest BCUT2D eigenvalue weighted by atomic mass is 10.1. The van der Waals surface area contributed by atoms with Crippen molar-refractivity contribution < 1.29 is 4.79 Å². The van der Waals surface area contributed by atoms with Gasteiger partial charge in [-0.25, -0.2) is 14.5 Å². The Labute approximate surface area is 181 Å². The molecule has 1 aliphatic rings. The molecule has 31 heavy (non-hydrogen) atoms. The van der Waals surface area contributed by atoms with Crippen molar-refractivity contribution in [3.63, 3.8) is 0 Å². The van der Waals surface area contributed by atoms with Gasteiger partial charge in [0.2, 0.25) is 5.91 Å². The van der Waals surface area contributed by atoms with Crippen molar-refractivity contribution in [2.75, 3.05) is 31.1 Å². The molecule has 0 radical (unpaired) electrons. The lowest BCUT2D eigenvalue weighted by molar-refractivity contribution is -0.131. The smallest absolute Gasteiger partial charge is 0.223 e. The highest BCUT2D eigenvalue weighted by atomic mass is 16.2. The van der Waals surface area contributed by atoms with Gasteiger partial charge in [0.1, 0.15) is 5.82 Å². The van der Waals surface area contributed by atoms with Crippen LogP contribution in [0, 0.1) is 13.8 Å². The van der Waals surface area contributed by atoms with E-state index >= 15 is 0 Å². The number of carbonyl (C=O) groups is 1. The van der Waals surface area contributed by atoms with E-state index in [0.29, 0.717) is 12.8 Å². The van der Waals surface area contributed by atoms with Gasteiger partial charge in [-0.15, -0.1) is 0 Å². The minimum atomic E-state index is 0.199. The molecular weight excluding hydrogens is 388 g/mol. The molecule has 5 rings (SSSR count). The van der Waals surface area contributed by atoms with E-state index in [0.717, 1.165) is 65.5 Å². The minimum Gasteiger partial charge on any atom is -0.353 e. The maximum Gasteiger partial charge on any atom is 0.223 e. The molecule has 1 saturated heterocycles. The van der Waals surface area contributed by atoms with E-state index in [1.807, 2.05) is 58.9 Å². The number of nitrogens with zero attached hydrogens (tertiary/aromatic N) is 6. The normalized spacial score (nSPS) is 14.5. The Balaban J connectivity index is 1.28. The molecule has 0 unspecified atom stereocenters. The lowest BCUT2D eigenvalue weighted by Crippen LogP contribution is -2.49. The quantitative estimate of drug-likeness (QED) is 0.513. The van der Waals surface area contributed by atoms with Crippen LogP contribution < -0.4 is 4.90 Å². The van der Waals surface area contributed by atoms with Crippen molar-refractivity contribution in [1.29, 1.82) is 0 Å². The molecule has 1 aliphatic heterocycles. The average Bonchev–Trinajstić information content (AvgIpc) is 3.18. The Bertz CT molecular complexity index is 1240. The lowest BCUT2D eigenvalue weighted by Gasteiger charge is -2.35. The fraction of sp³-hybridized carbons (Fsp3) is 0.333. The Morgan fingerprint density at radius 2 is 1.77 bits per heavy atom. The fourth-order valence-electron chi connectivity index (χ4n) is 4.45. The highest BCUT2D eigenvalue weighted by Gasteiger charge is 2.22. The summed E-state index contributed by atoms with van der Waals surface area (Å²) in [6, 6.07) is 14.0. The van der Waals surface area contributed by atoms with Crippen molar-refractivity contribution in [2.24, 2.45) is 0 Å². The molecule has 158 valence electrons. The number of anilines is 1. The second-order valence-electron chi connectivity index (χ2n) is 8.07. The van der Waals surface area contributed by atoms with Crippen molar-refractivity contribution in [3.8, 4) is 0 Å². The first-order valence-electron chi connectivity index (χ1n) is 10.8. The number of fused-ring (bicyclic) bond motifs is 3. The number of piperazine rings is 1. The highest BCUT2D eigenvalue weighted by Crippen LogP contribution is 2.23. The van der Waals surface area contributed by atoms with Crippen LogP contribution in [-0.2, 0) is 11.2 Å². The summed E-state index contributed by atoms with van der Waals surface area (Å²) in [5, 5.41) is 5.78. The first-order chi connectivity index (χ1) is 15.1. The van der Waals surface area contributed by atoms with Gasteiger partial charge in [-0.2, -0.15) is 5.10 Å². The van der Waals surface area contributed by atoms with E-state index in [1.54, 1.807) is 0 Å². The monoisotopic (exact) mass is 414 g/mol. The molecular formula is C24H26N6O. The molecule has 3 aromatic heterocycles. The molecule has 7 nitrogen and oxygen atoms in total. The van der Waals surface area contributed by atoms with Crippen LogP contribution in [0.1, 0.15) is 23.4 Å². The van der Waals surface area contributed by atoms with Gasteiger partial charge in [0.25, 0.3) is 0 Å². The Kier molecular flexibility index (Phi) is 5.02. The van der Waals surface area contributed by atoms with Crippen LogP contribution in [0.3, 0.4) is 0 Å². The molecule has 7 heteroatoms. The molecule has 0 aliphatic carbocycles. The van der Waals surface area contributed by atoms with Gasteiger partial charge in [-0.3, -0.25) is 4.79 Å². The number of aryl methyl sites for hydroxylation is 2. The summed E-state index contributed by atoms with van der Waals surface area (Å²) >= 11 is 0. The third kappa shape index (κ3) is 3.60. The molecule has 0 atom stereocenters. The summed E-state index contributed by atoms with van der Waals surface area (Å²) in [6.45, 7) is 7.19. The van der Waals surface area contributed by atoms with Crippen LogP contribution in [0.5, 0.6) is 0 Å². The Hall–Kier alpha value is -3.48. The molecule has 1 amide bonds. The van der Waals surface area contributed by atoms with Crippen molar-refractivity contribution >= 4 is 28.3 Å². The zero-order chi connectivity index (χ0) is 21.4. The van der Waals surface area contributed by atoms with E-state index in [1.165, 1.54) is 0 Å². The van der Waals surface area contributed by atoms with E-state index in [9.17, 15) is 4.79 Å². The summed E-state index contributed by atoms with van der Waals surface area (Å²) in [5.74, 6) is 1.18. The molecule has 0 bridgehead atoms. The SMILES string of the molecule is Cc1nc2c3ccccc3nn2c(C)c1CCC(=O)N1CCN(c2ccccn2)CC1. The molecule has 1 fully saturated rings. The van der Waals surface area contributed by atoms with Gasteiger partial charge < -0.3 is 9.80 Å². The van der Waals surface area contributed by atoms with E-state index in [4.69, 9.17) is 10.1 Å². The average molecular weight is 415 g/mol. The maximum absolute atomic E-state index is 12.9.